The van der Waals surface area contributed by atoms with Crippen molar-refractivity contribution in [3.63, 3.8) is 0 Å². The van der Waals surface area contributed by atoms with Gasteiger partial charge in [-0.3, -0.25) is 81.7 Å². The summed E-state index contributed by atoms with van der Waals surface area (Å²) in [4.78, 5) is 234. The Bertz CT molecular complexity index is 3520. The predicted molar refractivity (Wildman–Crippen MR) is 405 cm³/mol. The van der Waals surface area contributed by atoms with E-state index in [4.69, 9.17) is 17.2 Å². The van der Waals surface area contributed by atoms with E-state index < -0.39 is 217 Å². The molecule has 24 N–H and O–H groups in total. The van der Waals surface area contributed by atoms with Crippen molar-refractivity contribution in [2.75, 3.05) is 62.3 Å². The Labute approximate surface area is 649 Å². The number of imidazole rings is 1. The largest absolute Gasteiger partial charge is 0.508 e. The molecule has 1 aromatic heterocycles. The number of aromatic amines is 1. The maximum atomic E-state index is 14.8. The number of aromatic hydroxyl groups is 1. The lowest BCUT2D eigenvalue weighted by atomic mass is 10.0. The number of aliphatic hydroxyl groups is 1. The van der Waals surface area contributed by atoms with E-state index in [0.29, 0.717) is 17.7 Å². The van der Waals surface area contributed by atoms with Crippen LogP contribution in [0.2, 0.25) is 0 Å². The molecule has 0 radical (unpaired) electrons. The number of unbranched alkanes of at least 4 members (excludes halogenated alkanes) is 1. The molecule has 4 rings (SSSR count). The Hall–Kier alpha value is -9.66. The number of fused-ring (bicyclic) bond motifs is 1. The van der Waals surface area contributed by atoms with Gasteiger partial charge in [0.2, 0.25) is 88.6 Å². The number of hydrogen-bond acceptors (Lipinski definition) is 25. The zero-order valence-electron chi connectivity index (χ0n) is 60.5. The van der Waals surface area contributed by atoms with Gasteiger partial charge in [-0.25, -0.2) is 4.98 Å². The number of phenolic OH excluding ortho intramolecular Hbond substituents is 1. The lowest BCUT2D eigenvalue weighted by molar-refractivity contribution is -0.144. The van der Waals surface area contributed by atoms with E-state index in [1.165, 1.54) is 50.6 Å². The van der Waals surface area contributed by atoms with Gasteiger partial charge in [-0.15, -0.1) is 0 Å². The highest BCUT2D eigenvalue weighted by atomic mass is 32.1. The third kappa shape index (κ3) is 31.1. The van der Waals surface area contributed by atoms with Crippen LogP contribution < -0.4 is 91.6 Å². The van der Waals surface area contributed by atoms with E-state index in [9.17, 15) is 92.0 Å². The van der Waals surface area contributed by atoms with Crippen molar-refractivity contribution in [2.24, 2.45) is 34.0 Å². The first-order valence-electron chi connectivity index (χ1n) is 34.9. The third-order valence-electron chi connectivity index (χ3n) is 16.9. The molecule has 0 unspecified atom stereocenters. The molecule has 2 saturated heterocycles. The molecule has 0 aliphatic carbocycles. The third-order valence-corrected chi connectivity index (χ3v) is 18.3. The van der Waals surface area contributed by atoms with Crippen LogP contribution in [0.5, 0.6) is 5.75 Å². The molecule has 2 aliphatic heterocycles. The van der Waals surface area contributed by atoms with Crippen molar-refractivity contribution in [2.45, 2.75) is 171 Å². The number of H-pyrrole nitrogens is 1. The van der Waals surface area contributed by atoms with Gasteiger partial charge in [-0.2, -0.15) is 50.5 Å². The lowest BCUT2D eigenvalue weighted by Gasteiger charge is -2.31. The van der Waals surface area contributed by atoms with Crippen LogP contribution >= 0.6 is 50.5 Å². The number of hydrogen-bond donors (Lipinski definition) is 25. The van der Waals surface area contributed by atoms with Gasteiger partial charge >= 0.3 is 5.97 Å². The number of aliphatic carboxylic acids is 1. The van der Waals surface area contributed by atoms with Gasteiger partial charge < -0.3 is 117 Å². The first-order chi connectivity index (χ1) is 51.6. The highest BCUT2D eigenvalue weighted by molar-refractivity contribution is 7.80. The highest BCUT2D eigenvalue weighted by Gasteiger charge is 2.45. The minimum atomic E-state index is -1.89. The van der Waals surface area contributed by atoms with Crippen LogP contribution in [0, 0.1) is 11.8 Å². The fourth-order valence-corrected chi connectivity index (χ4v) is 12.1. The van der Waals surface area contributed by atoms with E-state index >= 15 is 0 Å². The number of carboxylic acids is 1. The molecule has 40 nitrogen and oxygen atoms in total. The van der Waals surface area contributed by atoms with Crippen LogP contribution in [0.3, 0.4) is 0 Å². The molecule has 15 amide bonds. The van der Waals surface area contributed by atoms with Crippen LogP contribution in [0.4, 0.5) is 0 Å². The maximum Gasteiger partial charge on any atom is 0.305 e. The summed E-state index contributed by atoms with van der Waals surface area (Å²) in [6.07, 6.45) is -0.481. The van der Waals surface area contributed by atoms with Crippen LogP contribution in [-0.2, 0) is 89.6 Å². The topological polar surface area (TPSA) is 625 Å². The van der Waals surface area contributed by atoms with E-state index in [1.54, 1.807) is 13.8 Å². The Morgan fingerprint density at radius 2 is 0.982 bits per heavy atom. The van der Waals surface area contributed by atoms with Crippen LogP contribution in [0.25, 0.3) is 0 Å². The quantitative estimate of drug-likeness (QED) is 0.0239. The summed E-state index contributed by atoms with van der Waals surface area (Å²) < 4.78 is 0. The number of carbonyl (C=O) groups excluding carboxylic acids is 15. The van der Waals surface area contributed by atoms with Gasteiger partial charge in [0, 0.05) is 60.8 Å². The van der Waals surface area contributed by atoms with Crippen molar-refractivity contribution in [3.05, 3.63) is 48.0 Å². The highest BCUT2D eigenvalue weighted by Crippen LogP contribution is 2.22. The fraction of sp³-hybridized carbons (Fsp3) is 0.600. The maximum absolute atomic E-state index is 14.8. The molecular formula is C65H101N21O19S4. The summed E-state index contributed by atoms with van der Waals surface area (Å²) in [5.41, 5.74) is 17.5. The van der Waals surface area contributed by atoms with Crippen LogP contribution in [0.1, 0.15) is 90.3 Å². The number of thiol groups is 4. The van der Waals surface area contributed by atoms with Crippen LogP contribution in [-0.4, -0.2) is 272 Å². The van der Waals surface area contributed by atoms with E-state index in [1.807, 2.05) is 0 Å². The summed E-state index contributed by atoms with van der Waals surface area (Å²) in [5, 5.41) is 65.3. The van der Waals surface area contributed by atoms with E-state index in [-0.39, 0.29) is 100 Å². The number of carboxylic acid groups (broad SMARTS) is 1. The molecule has 3 heterocycles. The molecule has 0 spiro atoms. The standard InChI is InChI=1S/C65H101N21O19S4/c1-31(2)18-38-57(98)82-43(27-107)60(101)80-41(20-34-22-69-30-74-34)64(105)86-17-14-46(88)52(86)63(104)84-45(29-109)59(100)77-36(9-7-16-70-65(67)68)53(94)71-23-48(90)76-40(21-50(92)93)54(95)72-25-49(91)85-51(32(3)4)62(103)83-44(28-108)61(102)81-42(26-106)55(96)73-24-47(89)75-39(19-33-10-12-35(87)13-11-33)58(99)78-37(56(97)79-38)8-5-6-15-66/h10-13,22,30-32,36-46,51-52,87-88,106-109H,5-9,14-21,23-29,66H2,1-4H3,(H,69,74)(H,71,94)(H,72,95)(H,73,96)(H,75,89)(H,76,90)(H,77,100)(H,78,99)(H,79,97)(H,80,101)(H,81,102)(H,82,98)(H,83,103)(H,84,104)(H,85,91)(H,92,93)(H4,67,68,70)/t36-,37-,38-,39-,40-,41-,42-,43-,44-,45-,46-,51-,52-/m0/s1. The zero-order chi connectivity index (χ0) is 81.2. The number of phenols is 1. The Balaban J connectivity index is 1.76. The molecular weight excluding hydrogens is 1510 g/mol. The Kier molecular flexibility index (Phi) is 39.3. The number of carbonyl (C=O) groups is 16. The Morgan fingerprint density at radius 3 is 1.49 bits per heavy atom. The average Bonchev–Trinajstić information content (AvgIpc) is 1.67. The zero-order valence-corrected chi connectivity index (χ0v) is 64.1. The SMILES string of the molecule is CC(C)C[C@@H]1NC(=O)[C@H](CCCCN)NC(=O)[C@H](Cc2ccc(O)cc2)NC(=O)CNC(=O)[C@H](CS)NC(=O)[C@H](CS)NC(=O)[C@H](C(C)C)NC(=O)CNC(=O)[C@H](CC(=O)O)NC(=O)CNC(=O)[C@H](CCCN=C(N)N)NC(=O)[C@H](CS)NC(=O)[C@@H]2[C@@H](O)CCN2C(=O)[C@H](Cc2cnc[nH]2)NC(=O)[C@H](CS)NC1=O. The minimum Gasteiger partial charge on any atom is -0.508 e. The number of nitrogens with one attached hydrogen (secondary N) is 15. The molecule has 1 aromatic carbocycles. The van der Waals surface area contributed by atoms with Gasteiger partial charge in [-0.1, -0.05) is 39.8 Å². The van der Waals surface area contributed by atoms with Crippen molar-refractivity contribution in [1.82, 2.24) is 89.3 Å². The Morgan fingerprint density at radius 1 is 0.541 bits per heavy atom. The number of aromatic nitrogens is 2. The number of amides is 15. The first kappa shape index (κ1) is 91.7. The molecule has 109 heavy (non-hydrogen) atoms. The van der Waals surface area contributed by atoms with Gasteiger partial charge in [-0.05, 0) is 81.0 Å². The first-order valence-corrected chi connectivity index (χ1v) is 37.5. The summed E-state index contributed by atoms with van der Waals surface area (Å²) in [7, 11) is 0. The van der Waals surface area contributed by atoms with E-state index in [2.05, 4.69) is 140 Å². The molecule has 2 aliphatic rings. The molecule has 2 aromatic rings. The summed E-state index contributed by atoms with van der Waals surface area (Å²) in [6, 6.07) is -13.1. The number of rotatable bonds is 21. The van der Waals surface area contributed by atoms with Gasteiger partial charge in [0.05, 0.1) is 38.5 Å². The number of aliphatic hydroxyl groups excluding tert-OH is 1. The van der Waals surface area contributed by atoms with Crippen molar-refractivity contribution < 1.29 is 92.0 Å². The number of nitrogens with two attached hydrogens (primary N) is 3. The number of aliphatic imine (C=N–C) groups is 1. The van der Waals surface area contributed by atoms with Gasteiger partial charge in [0.1, 0.15) is 78.3 Å². The number of guanidine groups is 1. The average molecular weight is 1610 g/mol. The fourth-order valence-electron chi connectivity index (χ4n) is 11.1. The smallest absolute Gasteiger partial charge is 0.305 e. The second-order valence-corrected chi connectivity index (χ2v) is 27.8. The molecule has 44 heteroatoms. The van der Waals surface area contributed by atoms with Crippen molar-refractivity contribution >= 4 is 151 Å². The normalized spacial score (nSPS) is 25.6. The summed E-state index contributed by atoms with van der Waals surface area (Å²) >= 11 is 17.0. The molecule has 2 fully saturated rings. The monoisotopic (exact) mass is 1610 g/mol. The second-order valence-electron chi connectivity index (χ2n) is 26.3. The minimum absolute atomic E-state index is 0.0112. The van der Waals surface area contributed by atoms with Crippen molar-refractivity contribution in [1.29, 1.82) is 0 Å². The van der Waals surface area contributed by atoms with Crippen molar-refractivity contribution in [3.8, 4) is 5.75 Å². The van der Waals surface area contributed by atoms with E-state index in [0.717, 1.165) is 4.90 Å². The number of benzene rings is 1. The summed E-state index contributed by atoms with van der Waals surface area (Å²) in [5.74, 6) is -19.8. The predicted octanol–water partition coefficient (Wildman–Crippen LogP) is -8.36. The second kappa shape index (κ2) is 46.6. The summed E-state index contributed by atoms with van der Waals surface area (Å²) in [6.45, 7) is 3.63. The van der Waals surface area contributed by atoms with Crippen LogP contribution in [0.15, 0.2) is 41.8 Å². The number of nitrogens with zero attached hydrogens (tertiary/aromatic N) is 3. The van der Waals surface area contributed by atoms with Gasteiger partial charge in [0.25, 0.3) is 0 Å². The molecule has 0 bridgehead atoms. The van der Waals surface area contributed by atoms with Gasteiger partial charge in [0.15, 0.2) is 5.96 Å². The molecule has 604 valence electrons. The molecule has 0 saturated carbocycles. The lowest BCUT2D eigenvalue weighted by Crippen LogP contribution is -2.62. The molecule has 13 atom stereocenters.